The quantitative estimate of drug-likeness (QED) is 0.678. The van der Waals surface area contributed by atoms with Gasteiger partial charge in [0.05, 0.1) is 30.0 Å². The lowest BCUT2D eigenvalue weighted by molar-refractivity contribution is -0.134. The highest BCUT2D eigenvalue weighted by molar-refractivity contribution is 6.01. The lowest BCUT2D eigenvalue weighted by Crippen LogP contribution is -2.59. The van der Waals surface area contributed by atoms with Crippen LogP contribution in [0.3, 0.4) is 0 Å². The molecule has 0 saturated carbocycles. The lowest BCUT2D eigenvalue weighted by atomic mass is 9.89. The molecule has 0 aliphatic carbocycles. The maximum Gasteiger partial charge on any atom is 0.234 e. The number of nitriles is 1. The van der Waals surface area contributed by atoms with Crippen LogP contribution in [-0.4, -0.2) is 36.9 Å². The Morgan fingerprint density at radius 1 is 1.18 bits per heavy atom. The smallest absolute Gasteiger partial charge is 0.234 e. The van der Waals surface area contributed by atoms with Crippen molar-refractivity contribution < 1.29 is 23.2 Å². The first-order valence-electron chi connectivity index (χ1n) is 10.6. The topological polar surface area (TPSA) is 102 Å². The molecule has 0 radical (unpaired) electrons. The van der Waals surface area contributed by atoms with Gasteiger partial charge in [-0.15, -0.1) is 0 Å². The summed E-state index contributed by atoms with van der Waals surface area (Å²) < 4.78 is 29.4. The van der Waals surface area contributed by atoms with Crippen molar-refractivity contribution in [3.8, 4) is 6.07 Å². The predicted molar refractivity (Wildman–Crippen MR) is 115 cm³/mol. The third-order valence-corrected chi connectivity index (χ3v) is 5.89. The number of benzene rings is 2. The van der Waals surface area contributed by atoms with Crippen LogP contribution >= 0.6 is 0 Å². The van der Waals surface area contributed by atoms with Gasteiger partial charge >= 0.3 is 0 Å². The van der Waals surface area contributed by atoms with Gasteiger partial charge in [0.1, 0.15) is 11.6 Å². The first-order chi connectivity index (χ1) is 15.7. The van der Waals surface area contributed by atoms with E-state index in [1.807, 2.05) is 13.0 Å². The summed E-state index contributed by atoms with van der Waals surface area (Å²) in [7, 11) is 0. The third kappa shape index (κ3) is 4.85. The number of amides is 3. The average molecular weight is 452 g/mol. The number of nitrogens with zero attached hydrogens (tertiary/aromatic N) is 2. The Morgan fingerprint density at radius 3 is 2.52 bits per heavy atom. The summed E-state index contributed by atoms with van der Waals surface area (Å²) in [6.07, 6.45) is 0.230. The molecule has 0 aromatic heterocycles. The van der Waals surface area contributed by atoms with E-state index in [4.69, 9.17) is 5.26 Å². The van der Waals surface area contributed by atoms with E-state index in [2.05, 4.69) is 16.7 Å². The number of hydrogen-bond acceptors (Lipinski definition) is 5. The summed E-state index contributed by atoms with van der Waals surface area (Å²) >= 11 is 0. The van der Waals surface area contributed by atoms with Gasteiger partial charge in [-0.2, -0.15) is 5.26 Å². The van der Waals surface area contributed by atoms with Gasteiger partial charge < -0.3 is 10.2 Å². The molecule has 2 saturated heterocycles. The van der Waals surface area contributed by atoms with E-state index in [-0.39, 0.29) is 36.8 Å². The summed E-state index contributed by atoms with van der Waals surface area (Å²) in [5, 5.41) is 14.1. The fourth-order valence-corrected chi connectivity index (χ4v) is 4.33. The predicted octanol–water partition coefficient (Wildman–Crippen LogP) is 2.21. The highest BCUT2D eigenvalue weighted by Gasteiger charge is 2.34. The van der Waals surface area contributed by atoms with Gasteiger partial charge in [-0.3, -0.25) is 19.7 Å². The molecule has 2 aliphatic rings. The maximum atomic E-state index is 14.7. The van der Waals surface area contributed by atoms with Gasteiger partial charge in [-0.25, -0.2) is 8.78 Å². The number of carbonyl (C=O) groups excluding carboxylic acids is 3. The number of hydrogen-bond donors (Lipinski definition) is 2. The summed E-state index contributed by atoms with van der Waals surface area (Å²) in [6, 6.07) is 9.53. The first kappa shape index (κ1) is 22.4. The third-order valence-electron chi connectivity index (χ3n) is 5.89. The van der Waals surface area contributed by atoms with Crippen molar-refractivity contribution in [1.29, 1.82) is 5.26 Å². The molecule has 3 amide bonds. The number of halogens is 2. The SMILES string of the molecule is Cc1cc(C#N)cc(CC(=O)NC2CN(c3cc(F)c(C4CCC(=O)NC4=O)c(F)c3)C2)c1. The molecule has 2 N–H and O–H groups in total. The van der Waals surface area contributed by atoms with Crippen molar-refractivity contribution in [3.63, 3.8) is 0 Å². The molecule has 2 heterocycles. The van der Waals surface area contributed by atoms with Crippen LogP contribution in [-0.2, 0) is 20.8 Å². The van der Waals surface area contributed by atoms with Gasteiger partial charge in [0, 0.05) is 30.8 Å². The maximum absolute atomic E-state index is 14.7. The van der Waals surface area contributed by atoms with Crippen LogP contribution < -0.4 is 15.5 Å². The van der Waals surface area contributed by atoms with Crippen LogP contribution in [0.4, 0.5) is 14.5 Å². The number of anilines is 1. The Balaban J connectivity index is 1.36. The van der Waals surface area contributed by atoms with E-state index in [0.29, 0.717) is 24.3 Å². The minimum atomic E-state index is -1.04. The normalized spacial score (nSPS) is 18.4. The molecule has 2 aliphatic heterocycles. The molecular weight excluding hydrogens is 430 g/mol. The van der Waals surface area contributed by atoms with E-state index in [0.717, 1.165) is 11.1 Å². The molecule has 9 heteroatoms. The Morgan fingerprint density at radius 2 is 1.88 bits per heavy atom. The molecule has 1 atom stereocenters. The second-order valence-corrected chi connectivity index (χ2v) is 8.49. The van der Waals surface area contributed by atoms with E-state index in [9.17, 15) is 23.2 Å². The number of carbonyl (C=O) groups is 3. The van der Waals surface area contributed by atoms with Gasteiger partial charge in [0.15, 0.2) is 0 Å². The van der Waals surface area contributed by atoms with Gasteiger partial charge in [0.25, 0.3) is 0 Å². The molecule has 4 rings (SSSR count). The van der Waals surface area contributed by atoms with Crippen LogP contribution in [0.2, 0.25) is 0 Å². The second kappa shape index (κ2) is 8.98. The van der Waals surface area contributed by atoms with Gasteiger partial charge in [0.2, 0.25) is 17.7 Å². The Hall–Kier alpha value is -3.80. The zero-order chi connectivity index (χ0) is 23.7. The molecule has 0 spiro atoms. The molecule has 2 aromatic carbocycles. The first-order valence-corrected chi connectivity index (χ1v) is 10.6. The summed E-state index contributed by atoms with van der Waals surface area (Å²) in [4.78, 5) is 37.4. The van der Waals surface area contributed by atoms with Crippen molar-refractivity contribution in [2.75, 3.05) is 18.0 Å². The monoisotopic (exact) mass is 452 g/mol. The Bertz CT molecular complexity index is 1160. The summed E-state index contributed by atoms with van der Waals surface area (Å²) in [6.45, 7) is 2.63. The molecular formula is C24H22F2N4O3. The Kier molecular flexibility index (Phi) is 6.09. The minimum absolute atomic E-state index is 0.0327. The zero-order valence-corrected chi connectivity index (χ0v) is 18.0. The van der Waals surface area contributed by atoms with E-state index >= 15 is 0 Å². The molecule has 170 valence electrons. The number of nitrogens with one attached hydrogen (secondary N) is 2. The molecule has 7 nitrogen and oxygen atoms in total. The summed E-state index contributed by atoms with van der Waals surface area (Å²) in [5.41, 5.74) is 2.13. The standard InChI is InChI=1S/C24H22F2N4O3/c1-13-4-14(6-15(5-13)10-27)7-22(32)28-16-11-30(12-16)17-8-19(25)23(20(26)9-17)18-2-3-21(31)29-24(18)33/h4-6,8-9,16,18H,2-3,7,11-12H2,1H3,(H,28,32)(H,29,31,33). The number of piperidine rings is 1. The van der Waals surface area contributed by atoms with Crippen molar-refractivity contribution in [2.45, 2.75) is 38.1 Å². The largest absolute Gasteiger partial charge is 0.367 e. The van der Waals surface area contributed by atoms with Crippen molar-refractivity contribution in [2.24, 2.45) is 0 Å². The van der Waals surface area contributed by atoms with Crippen molar-refractivity contribution in [1.82, 2.24) is 10.6 Å². The number of rotatable bonds is 5. The molecule has 0 bridgehead atoms. The fourth-order valence-electron chi connectivity index (χ4n) is 4.33. The van der Waals surface area contributed by atoms with Crippen LogP contribution in [0, 0.1) is 29.9 Å². The number of aryl methyl sites for hydroxylation is 1. The van der Waals surface area contributed by atoms with Crippen LogP contribution in [0.25, 0.3) is 0 Å². The molecule has 2 aromatic rings. The second-order valence-electron chi connectivity index (χ2n) is 8.49. The van der Waals surface area contributed by atoms with Crippen LogP contribution in [0.15, 0.2) is 30.3 Å². The minimum Gasteiger partial charge on any atom is -0.367 e. The average Bonchev–Trinajstić information content (AvgIpc) is 2.70. The van der Waals surface area contributed by atoms with Gasteiger partial charge in [-0.1, -0.05) is 6.07 Å². The van der Waals surface area contributed by atoms with Crippen LogP contribution in [0.1, 0.15) is 41.0 Å². The molecule has 33 heavy (non-hydrogen) atoms. The van der Waals surface area contributed by atoms with Crippen LogP contribution in [0.5, 0.6) is 0 Å². The van der Waals surface area contributed by atoms with E-state index < -0.39 is 29.4 Å². The lowest BCUT2D eigenvalue weighted by Gasteiger charge is -2.41. The Labute approximate surface area is 189 Å². The summed E-state index contributed by atoms with van der Waals surface area (Å²) in [5.74, 6) is -4.04. The zero-order valence-electron chi connectivity index (χ0n) is 18.0. The number of imide groups is 1. The van der Waals surface area contributed by atoms with Crippen molar-refractivity contribution in [3.05, 3.63) is 64.2 Å². The fraction of sp³-hybridized carbons (Fsp3) is 0.333. The molecule has 2 fully saturated rings. The van der Waals surface area contributed by atoms with E-state index in [1.54, 1.807) is 17.0 Å². The van der Waals surface area contributed by atoms with Crippen molar-refractivity contribution >= 4 is 23.4 Å². The molecule has 1 unspecified atom stereocenters. The van der Waals surface area contributed by atoms with Gasteiger partial charge in [-0.05, 0) is 48.7 Å². The highest BCUT2D eigenvalue weighted by Crippen LogP contribution is 2.33. The van der Waals surface area contributed by atoms with E-state index in [1.165, 1.54) is 12.1 Å². The highest BCUT2D eigenvalue weighted by atomic mass is 19.1.